The molecule has 0 spiro atoms. The van der Waals surface area contributed by atoms with E-state index in [4.69, 9.17) is 4.74 Å². The molecule has 0 radical (unpaired) electrons. The molecule has 0 saturated carbocycles. The van der Waals surface area contributed by atoms with E-state index in [2.05, 4.69) is 5.32 Å². The van der Waals surface area contributed by atoms with E-state index < -0.39 is 28.5 Å². The number of aryl methyl sites for hydroxylation is 1. The minimum Gasteiger partial charge on any atom is -0.452 e. The number of nitrogens with one attached hydrogen (secondary N) is 1. The molecule has 148 valence electrons. The van der Waals surface area contributed by atoms with Crippen molar-refractivity contribution in [1.82, 2.24) is 4.31 Å². The van der Waals surface area contributed by atoms with Crippen LogP contribution in [0.3, 0.4) is 0 Å². The van der Waals surface area contributed by atoms with Crippen molar-refractivity contribution in [2.24, 2.45) is 0 Å². The van der Waals surface area contributed by atoms with Crippen LogP contribution >= 0.6 is 0 Å². The van der Waals surface area contributed by atoms with Gasteiger partial charge in [0.15, 0.2) is 6.61 Å². The van der Waals surface area contributed by atoms with Crippen LogP contribution in [0.25, 0.3) is 0 Å². The predicted octanol–water partition coefficient (Wildman–Crippen LogP) is 2.58. The van der Waals surface area contributed by atoms with Gasteiger partial charge < -0.3 is 10.1 Å². The Kier molecular flexibility index (Phi) is 6.11. The van der Waals surface area contributed by atoms with Gasteiger partial charge in [0, 0.05) is 18.8 Å². The summed E-state index contributed by atoms with van der Waals surface area (Å²) in [5.74, 6) is -1.14. The molecule has 8 heteroatoms. The second-order valence-corrected chi connectivity index (χ2v) is 8.57. The maximum atomic E-state index is 12.6. The monoisotopic (exact) mass is 402 g/mol. The van der Waals surface area contributed by atoms with Gasteiger partial charge in [0.05, 0.1) is 10.5 Å². The molecule has 0 bridgehead atoms. The van der Waals surface area contributed by atoms with Gasteiger partial charge in [-0.15, -0.1) is 0 Å². The van der Waals surface area contributed by atoms with Crippen molar-refractivity contribution < 1.29 is 22.7 Å². The van der Waals surface area contributed by atoms with Gasteiger partial charge >= 0.3 is 5.97 Å². The Morgan fingerprint density at radius 3 is 2.50 bits per heavy atom. The Morgan fingerprint density at radius 1 is 1.07 bits per heavy atom. The van der Waals surface area contributed by atoms with Crippen LogP contribution in [0.15, 0.2) is 53.4 Å². The summed E-state index contributed by atoms with van der Waals surface area (Å²) in [6.07, 6.45) is 1.70. The molecule has 0 atom stereocenters. The molecular weight excluding hydrogens is 380 g/mol. The molecule has 0 aromatic heterocycles. The van der Waals surface area contributed by atoms with Crippen LogP contribution in [0.2, 0.25) is 0 Å². The molecular formula is C20H22N2O5S. The molecule has 1 heterocycles. The lowest BCUT2D eigenvalue weighted by atomic mass is 10.1. The Balaban J connectivity index is 1.61. The average molecular weight is 402 g/mol. The molecule has 1 aliphatic heterocycles. The summed E-state index contributed by atoms with van der Waals surface area (Å²) in [6.45, 7) is 2.41. The maximum Gasteiger partial charge on any atom is 0.338 e. The van der Waals surface area contributed by atoms with Crippen molar-refractivity contribution in [3.05, 3.63) is 59.7 Å². The second-order valence-electron chi connectivity index (χ2n) is 6.63. The lowest BCUT2D eigenvalue weighted by Gasteiger charge is -2.16. The highest BCUT2D eigenvalue weighted by Crippen LogP contribution is 2.23. The van der Waals surface area contributed by atoms with Gasteiger partial charge in [-0.05, 0) is 50.1 Å². The first-order chi connectivity index (χ1) is 13.4. The van der Waals surface area contributed by atoms with E-state index in [1.165, 1.54) is 16.4 Å². The van der Waals surface area contributed by atoms with Crippen LogP contribution in [-0.2, 0) is 19.6 Å². The minimum absolute atomic E-state index is 0.129. The number of anilines is 1. The number of ether oxygens (including phenoxy) is 1. The highest BCUT2D eigenvalue weighted by molar-refractivity contribution is 7.89. The molecule has 2 aromatic carbocycles. The number of rotatable bonds is 6. The molecule has 3 rings (SSSR count). The summed E-state index contributed by atoms with van der Waals surface area (Å²) in [4.78, 5) is 24.2. The molecule has 28 heavy (non-hydrogen) atoms. The number of esters is 1. The second kappa shape index (κ2) is 8.53. The van der Waals surface area contributed by atoms with Crippen molar-refractivity contribution in [3.8, 4) is 0 Å². The number of sulfonamides is 1. The Morgan fingerprint density at radius 2 is 1.79 bits per heavy atom. The summed E-state index contributed by atoms with van der Waals surface area (Å²) in [7, 11) is -3.57. The largest absolute Gasteiger partial charge is 0.452 e. The third kappa shape index (κ3) is 4.76. The summed E-state index contributed by atoms with van der Waals surface area (Å²) in [5.41, 5.74) is 1.61. The van der Waals surface area contributed by atoms with Crippen molar-refractivity contribution in [3.63, 3.8) is 0 Å². The van der Waals surface area contributed by atoms with Crippen molar-refractivity contribution in [2.75, 3.05) is 25.0 Å². The standard InChI is InChI=1S/C20H22N2O5S/c1-15-6-4-7-16(12-15)20(24)27-14-19(23)21-17-8-5-9-18(13-17)28(25,26)22-10-2-3-11-22/h4-9,12-13H,2-3,10-11,14H2,1H3,(H,21,23). The predicted molar refractivity (Wildman–Crippen MR) is 105 cm³/mol. The van der Waals surface area contributed by atoms with Crippen molar-refractivity contribution >= 4 is 27.6 Å². The number of carbonyl (C=O) groups is 2. The molecule has 1 saturated heterocycles. The van der Waals surface area contributed by atoms with Crippen LogP contribution in [-0.4, -0.2) is 44.3 Å². The quantitative estimate of drug-likeness (QED) is 0.750. The highest BCUT2D eigenvalue weighted by atomic mass is 32.2. The van der Waals surface area contributed by atoms with Gasteiger partial charge in [-0.1, -0.05) is 23.8 Å². The minimum atomic E-state index is -3.57. The lowest BCUT2D eigenvalue weighted by molar-refractivity contribution is -0.119. The first kappa shape index (κ1) is 20.0. The van der Waals surface area contributed by atoms with Gasteiger partial charge in [-0.2, -0.15) is 4.31 Å². The fraction of sp³-hybridized carbons (Fsp3) is 0.300. The van der Waals surface area contributed by atoms with Gasteiger partial charge in [0.2, 0.25) is 10.0 Å². The summed E-state index contributed by atoms with van der Waals surface area (Å²) >= 11 is 0. The lowest BCUT2D eigenvalue weighted by Crippen LogP contribution is -2.28. The van der Waals surface area contributed by atoms with Gasteiger partial charge in [-0.25, -0.2) is 13.2 Å². The van der Waals surface area contributed by atoms with E-state index in [9.17, 15) is 18.0 Å². The van der Waals surface area contributed by atoms with Gasteiger partial charge in [-0.3, -0.25) is 4.79 Å². The smallest absolute Gasteiger partial charge is 0.338 e. The van der Waals surface area contributed by atoms with Crippen LogP contribution in [0.1, 0.15) is 28.8 Å². The number of hydrogen-bond donors (Lipinski definition) is 1. The first-order valence-electron chi connectivity index (χ1n) is 9.00. The summed E-state index contributed by atoms with van der Waals surface area (Å²) < 4.78 is 31.7. The topological polar surface area (TPSA) is 92.8 Å². The number of nitrogens with zero attached hydrogens (tertiary/aromatic N) is 1. The SMILES string of the molecule is Cc1cccc(C(=O)OCC(=O)Nc2cccc(S(=O)(=O)N3CCCC3)c2)c1. The zero-order valence-electron chi connectivity index (χ0n) is 15.6. The number of carbonyl (C=O) groups excluding carboxylic acids is 2. The molecule has 2 aromatic rings. The van der Waals surface area contributed by atoms with Gasteiger partial charge in [0.25, 0.3) is 5.91 Å². The fourth-order valence-electron chi connectivity index (χ4n) is 3.00. The number of amides is 1. The Bertz CT molecular complexity index is 982. The van der Waals surface area contributed by atoms with Crippen molar-refractivity contribution in [1.29, 1.82) is 0 Å². The van der Waals surface area contributed by atoms with Crippen LogP contribution in [0.5, 0.6) is 0 Å². The van der Waals surface area contributed by atoms with Crippen molar-refractivity contribution in [2.45, 2.75) is 24.7 Å². The van der Waals surface area contributed by atoms with Crippen LogP contribution in [0, 0.1) is 6.92 Å². The molecule has 0 unspecified atom stereocenters. The molecule has 1 N–H and O–H groups in total. The third-order valence-corrected chi connectivity index (χ3v) is 6.30. The summed E-state index contributed by atoms with van der Waals surface area (Å²) in [6, 6.07) is 12.9. The first-order valence-corrected chi connectivity index (χ1v) is 10.4. The average Bonchev–Trinajstić information content (AvgIpc) is 3.22. The zero-order valence-corrected chi connectivity index (χ0v) is 16.4. The van der Waals surface area contributed by atoms with E-state index in [1.807, 2.05) is 13.0 Å². The fourth-order valence-corrected chi connectivity index (χ4v) is 4.56. The number of benzene rings is 2. The van der Waals surface area contributed by atoms with E-state index in [0.29, 0.717) is 24.3 Å². The highest BCUT2D eigenvalue weighted by Gasteiger charge is 2.27. The Labute approximate surface area is 164 Å². The normalized spacial score (nSPS) is 14.6. The molecule has 1 amide bonds. The summed E-state index contributed by atoms with van der Waals surface area (Å²) in [5, 5.41) is 2.56. The number of hydrogen-bond acceptors (Lipinski definition) is 5. The zero-order chi connectivity index (χ0) is 20.1. The molecule has 0 aliphatic carbocycles. The maximum absolute atomic E-state index is 12.6. The Hall–Kier alpha value is -2.71. The third-order valence-electron chi connectivity index (χ3n) is 4.41. The molecule has 1 aliphatic rings. The van der Waals surface area contributed by atoms with E-state index in [1.54, 1.807) is 30.3 Å². The van der Waals surface area contributed by atoms with Gasteiger partial charge in [0.1, 0.15) is 0 Å². The van der Waals surface area contributed by atoms with Crippen LogP contribution in [0.4, 0.5) is 5.69 Å². The molecule has 1 fully saturated rings. The van der Waals surface area contributed by atoms with E-state index >= 15 is 0 Å². The molecule has 7 nitrogen and oxygen atoms in total. The van der Waals surface area contributed by atoms with E-state index in [0.717, 1.165) is 18.4 Å². The van der Waals surface area contributed by atoms with Crippen LogP contribution < -0.4 is 5.32 Å². The van der Waals surface area contributed by atoms with E-state index in [-0.39, 0.29) is 4.90 Å².